The minimum absolute atomic E-state index is 0.236. The van der Waals surface area contributed by atoms with Crippen LogP contribution >= 0.6 is 0 Å². The van der Waals surface area contributed by atoms with Crippen LogP contribution in [0.1, 0.15) is 18.1 Å². The van der Waals surface area contributed by atoms with Crippen LogP contribution in [0, 0.1) is 5.82 Å². The van der Waals surface area contributed by atoms with E-state index in [1.54, 1.807) is 19.3 Å². The summed E-state index contributed by atoms with van der Waals surface area (Å²) >= 11 is 0. The fourth-order valence-electron chi connectivity index (χ4n) is 2.37. The lowest BCUT2D eigenvalue weighted by Crippen LogP contribution is -2.38. The van der Waals surface area contributed by atoms with Gasteiger partial charge in [-0.05, 0) is 30.7 Å². The van der Waals surface area contributed by atoms with Crippen LogP contribution in [-0.4, -0.2) is 36.5 Å². The molecule has 0 fully saturated rings. The van der Waals surface area contributed by atoms with Gasteiger partial charge in [-0.15, -0.1) is 0 Å². The molecule has 0 saturated carbocycles. The molecule has 0 aliphatic heterocycles. The molecular formula is C18H23FN4O. The highest BCUT2D eigenvalue weighted by atomic mass is 19.1. The van der Waals surface area contributed by atoms with Gasteiger partial charge in [0.05, 0.1) is 6.61 Å². The Morgan fingerprint density at radius 1 is 1.33 bits per heavy atom. The van der Waals surface area contributed by atoms with Gasteiger partial charge in [-0.3, -0.25) is 4.99 Å². The molecule has 0 amide bonds. The molecule has 2 aromatic rings. The van der Waals surface area contributed by atoms with Crippen molar-refractivity contribution in [3.8, 4) is 5.88 Å². The van der Waals surface area contributed by atoms with Crippen LogP contribution in [0.4, 0.5) is 4.39 Å². The van der Waals surface area contributed by atoms with Gasteiger partial charge in [-0.25, -0.2) is 9.37 Å². The molecule has 1 aromatic heterocycles. The summed E-state index contributed by atoms with van der Waals surface area (Å²) in [4.78, 5) is 10.4. The highest BCUT2D eigenvalue weighted by molar-refractivity contribution is 5.79. The minimum atomic E-state index is -0.236. The predicted octanol–water partition coefficient (Wildman–Crippen LogP) is 2.83. The summed E-state index contributed by atoms with van der Waals surface area (Å²) in [5.41, 5.74) is 1.84. The first-order valence-electron chi connectivity index (χ1n) is 7.87. The van der Waals surface area contributed by atoms with E-state index in [1.165, 1.54) is 12.1 Å². The predicted molar refractivity (Wildman–Crippen MR) is 93.5 cm³/mol. The van der Waals surface area contributed by atoms with E-state index < -0.39 is 0 Å². The van der Waals surface area contributed by atoms with Crippen LogP contribution < -0.4 is 10.1 Å². The van der Waals surface area contributed by atoms with Crippen LogP contribution in [0.25, 0.3) is 0 Å². The first-order valence-corrected chi connectivity index (χ1v) is 7.87. The summed E-state index contributed by atoms with van der Waals surface area (Å²) in [5, 5.41) is 3.28. The van der Waals surface area contributed by atoms with E-state index in [9.17, 15) is 4.39 Å². The summed E-state index contributed by atoms with van der Waals surface area (Å²) in [6.45, 7) is 3.60. The molecule has 5 nitrogen and oxygen atoms in total. The molecule has 0 aliphatic rings. The van der Waals surface area contributed by atoms with Crippen molar-refractivity contribution in [3.05, 3.63) is 59.5 Å². The lowest BCUT2D eigenvalue weighted by molar-refractivity contribution is 0.322. The maximum absolute atomic E-state index is 13.3. The number of halogens is 1. The molecule has 1 N–H and O–H groups in total. The number of ether oxygens (including phenoxy) is 1. The van der Waals surface area contributed by atoms with Gasteiger partial charge < -0.3 is 15.0 Å². The standard InChI is InChI=1S/C18H23FN4O/c1-4-24-17-15(8-6-10-21-17)12-22-18(20-2)23(3)13-14-7-5-9-16(19)11-14/h5-11H,4,12-13H2,1-3H3,(H,20,22). The molecule has 0 aliphatic carbocycles. The average Bonchev–Trinajstić information content (AvgIpc) is 2.57. The fourth-order valence-corrected chi connectivity index (χ4v) is 2.37. The SMILES string of the molecule is CCOc1ncccc1CNC(=NC)N(C)Cc1cccc(F)c1. The number of hydrogen-bond acceptors (Lipinski definition) is 3. The van der Waals surface area contributed by atoms with Crippen LogP contribution in [0.3, 0.4) is 0 Å². The number of nitrogens with one attached hydrogen (secondary N) is 1. The average molecular weight is 330 g/mol. The van der Waals surface area contributed by atoms with Gasteiger partial charge in [0.25, 0.3) is 0 Å². The van der Waals surface area contributed by atoms with Crippen molar-refractivity contribution in [1.82, 2.24) is 15.2 Å². The molecule has 0 saturated heterocycles. The molecule has 1 heterocycles. The van der Waals surface area contributed by atoms with E-state index in [4.69, 9.17) is 4.74 Å². The Kier molecular flexibility index (Phi) is 6.54. The smallest absolute Gasteiger partial charge is 0.218 e. The van der Waals surface area contributed by atoms with Crippen molar-refractivity contribution in [2.45, 2.75) is 20.0 Å². The van der Waals surface area contributed by atoms with Crippen molar-refractivity contribution in [3.63, 3.8) is 0 Å². The molecular weight excluding hydrogens is 307 g/mol. The van der Waals surface area contributed by atoms with Crippen LogP contribution in [0.5, 0.6) is 5.88 Å². The fraction of sp³-hybridized carbons (Fsp3) is 0.333. The topological polar surface area (TPSA) is 49.8 Å². The molecule has 2 rings (SSSR count). The zero-order valence-electron chi connectivity index (χ0n) is 14.3. The number of guanidine groups is 1. The van der Waals surface area contributed by atoms with Gasteiger partial charge >= 0.3 is 0 Å². The van der Waals surface area contributed by atoms with Gasteiger partial charge in [-0.2, -0.15) is 0 Å². The van der Waals surface area contributed by atoms with E-state index >= 15 is 0 Å². The molecule has 24 heavy (non-hydrogen) atoms. The Morgan fingerprint density at radius 2 is 2.17 bits per heavy atom. The monoisotopic (exact) mass is 330 g/mol. The lowest BCUT2D eigenvalue weighted by Gasteiger charge is -2.22. The number of nitrogens with zero attached hydrogens (tertiary/aromatic N) is 3. The summed E-state index contributed by atoms with van der Waals surface area (Å²) < 4.78 is 18.8. The van der Waals surface area contributed by atoms with Gasteiger partial charge in [0.1, 0.15) is 5.82 Å². The first-order chi connectivity index (χ1) is 11.6. The Labute approximate surface area is 142 Å². The van der Waals surface area contributed by atoms with E-state index in [2.05, 4.69) is 15.3 Å². The molecule has 0 bridgehead atoms. The summed E-state index contributed by atoms with van der Waals surface area (Å²) in [6, 6.07) is 10.4. The molecule has 6 heteroatoms. The van der Waals surface area contributed by atoms with Crippen molar-refractivity contribution < 1.29 is 9.13 Å². The highest BCUT2D eigenvalue weighted by Crippen LogP contribution is 2.14. The van der Waals surface area contributed by atoms with Crippen molar-refractivity contribution in [1.29, 1.82) is 0 Å². The number of benzene rings is 1. The number of aliphatic imine (C=N–C) groups is 1. The molecule has 0 radical (unpaired) electrons. The maximum Gasteiger partial charge on any atom is 0.218 e. The normalized spacial score (nSPS) is 11.2. The Hall–Kier alpha value is -2.63. The third kappa shape index (κ3) is 4.94. The molecule has 0 unspecified atom stereocenters. The molecule has 1 aromatic carbocycles. The third-order valence-corrected chi connectivity index (χ3v) is 3.45. The van der Waals surface area contributed by atoms with Crippen LogP contribution in [0.15, 0.2) is 47.6 Å². The quantitative estimate of drug-likeness (QED) is 0.654. The van der Waals surface area contributed by atoms with Crippen molar-refractivity contribution in [2.24, 2.45) is 4.99 Å². The second-order valence-corrected chi connectivity index (χ2v) is 5.29. The van der Waals surface area contributed by atoms with Gasteiger partial charge in [0.2, 0.25) is 5.88 Å². The first kappa shape index (κ1) is 17.7. The van der Waals surface area contributed by atoms with E-state index in [0.29, 0.717) is 31.5 Å². The number of aromatic nitrogens is 1. The summed E-state index contributed by atoms with van der Waals surface area (Å²) in [7, 11) is 3.63. The maximum atomic E-state index is 13.3. The number of pyridine rings is 1. The number of hydrogen-bond donors (Lipinski definition) is 1. The van der Waals surface area contributed by atoms with Crippen LogP contribution in [0.2, 0.25) is 0 Å². The minimum Gasteiger partial charge on any atom is -0.478 e. The summed E-state index contributed by atoms with van der Waals surface area (Å²) in [5.74, 6) is 1.10. The number of rotatable bonds is 6. The van der Waals surface area contributed by atoms with Crippen molar-refractivity contribution in [2.75, 3.05) is 20.7 Å². The summed E-state index contributed by atoms with van der Waals surface area (Å²) in [6.07, 6.45) is 1.71. The second-order valence-electron chi connectivity index (χ2n) is 5.29. The Morgan fingerprint density at radius 3 is 2.88 bits per heavy atom. The van der Waals surface area contributed by atoms with E-state index in [1.807, 2.05) is 37.1 Å². The molecule has 0 spiro atoms. The van der Waals surface area contributed by atoms with Gasteiger partial charge in [-0.1, -0.05) is 18.2 Å². The van der Waals surface area contributed by atoms with Gasteiger partial charge in [0, 0.05) is 38.9 Å². The molecule has 0 atom stereocenters. The third-order valence-electron chi connectivity index (χ3n) is 3.45. The van der Waals surface area contributed by atoms with Crippen LogP contribution in [-0.2, 0) is 13.1 Å². The van der Waals surface area contributed by atoms with Gasteiger partial charge in [0.15, 0.2) is 5.96 Å². The van der Waals surface area contributed by atoms with E-state index in [0.717, 1.165) is 11.1 Å². The largest absolute Gasteiger partial charge is 0.478 e. The second kappa shape index (κ2) is 8.86. The zero-order valence-corrected chi connectivity index (χ0v) is 14.3. The van der Waals surface area contributed by atoms with E-state index in [-0.39, 0.29) is 5.82 Å². The molecule has 128 valence electrons. The Bertz CT molecular complexity index is 690. The highest BCUT2D eigenvalue weighted by Gasteiger charge is 2.09. The lowest BCUT2D eigenvalue weighted by atomic mass is 10.2. The zero-order chi connectivity index (χ0) is 17.4. The Balaban J connectivity index is 1.99. The van der Waals surface area contributed by atoms with Crippen molar-refractivity contribution >= 4 is 5.96 Å².